The summed E-state index contributed by atoms with van der Waals surface area (Å²) >= 11 is 0. The van der Waals surface area contributed by atoms with Crippen LogP contribution in [0.5, 0.6) is 5.75 Å². The zero-order valence-corrected chi connectivity index (χ0v) is 16.0. The molecule has 0 aliphatic carbocycles. The molecule has 1 aromatic carbocycles. The minimum atomic E-state index is -1.03. The fourth-order valence-corrected chi connectivity index (χ4v) is 3.55. The van der Waals surface area contributed by atoms with Crippen LogP contribution in [-0.2, 0) is 13.5 Å². The molecular weight excluding hydrogens is 330 g/mol. The third-order valence-corrected chi connectivity index (χ3v) is 5.13. The highest BCUT2D eigenvalue weighted by atomic mass is 16.5. The summed E-state index contributed by atoms with van der Waals surface area (Å²) < 4.78 is 7.47. The van der Waals surface area contributed by atoms with Gasteiger partial charge in [0.2, 0.25) is 0 Å². The Labute approximate surface area is 154 Å². The van der Waals surface area contributed by atoms with E-state index >= 15 is 0 Å². The molecular formula is C20H27N3O3. The number of rotatable bonds is 5. The van der Waals surface area contributed by atoms with E-state index < -0.39 is 5.60 Å². The van der Waals surface area contributed by atoms with Gasteiger partial charge in [-0.2, -0.15) is 5.10 Å². The average molecular weight is 357 g/mol. The Hall–Kier alpha value is -2.34. The summed E-state index contributed by atoms with van der Waals surface area (Å²) in [6.07, 6.45) is 1.29. The molecule has 1 N–H and O–H groups in total. The molecule has 0 unspecified atom stereocenters. The predicted molar refractivity (Wildman–Crippen MR) is 99.5 cm³/mol. The lowest BCUT2D eigenvalue weighted by Crippen LogP contribution is -2.41. The molecule has 2 aromatic rings. The summed E-state index contributed by atoms with van der Waals surface area (Å²) in [5.74, 6) is 0.685. The van der Waals surface area contributed by atoms with Crippen molar-refractivity contribution in [3.8, 4) is 5.75 Å². The number of para-hydroxylation sites is 1. The molecule has 140 valence electrons. The molecule has 1 aliphatic rings. The third kappa shape index (κ3) is 3.46. The Kier molecular flexibility index (Phi) is 5.05. The zero-order valence-electron chi connectivity index (χ0n) is 16.0. The highest BCUT2D eigenvalue weighted by Gasteiger charge is 2.40. The van der Waals surface area contributed by atoms with Gasteiger partial charge in [-0.25, -0.2) is 0 Å². The molecule has 0 saturated carbocycles. The van der Waals surface area contributed by atoms with Crippen LogP contribution in [0.15, 0.2) is 24.3 Å². The van der Waals surface area contributed by atoms with E-state index in [-0.39, 0.29) is 19.1 Å². The summed E-state index contributed by atoms with van der Waals surface area (Å²) in [7, 11) is 1.79. The van der Waals surface area contributed by atoms with Crippen LogP contribution >= 0.6 is 0 Å². The summed E-state index contributed by atoms with van der Waals surface area (Å²) in [5, 5.41) is 15.3. The van der Waals surface area contributed by atoms with Crippen molar-refractivity contribution < 1.29 is 14.6 Å². The quantitative estimate of drug-likeness (QED) is 0.891. The van der Waals surface area contributed by atoms with Gasteiger partial charge in [-0.1, -0.05) is 25.1 Å². The summed E-state index contributed by atoms with van der Waals surface area (Å²) in [6.45, 7) is 6.89. The fraction of sp³-hybridized carbons (Fsp3) is 0.500. The summed E-state index contributed by atoms with van der Waals surface area (Å²) in [5.41, 5.74) is 2.46. The molecule has 2 heterocycles. The molecule has 1 atom stereocenters. The molecule has 1 fully saturated rings. The molecule has 6 nitrogen and oxygen atoms in total. The maximum absolute atomic E-state index is 12.9. The Balaban J connectivity index is 1.68. The van der Waals surface area contributed by atoms with Gasteiger partial charge in [0.25, 0.3) is 5.91 Å². The monoisotopic (exact) mass is 357 g/mol. The summed E-state index contributed by atoms with van der Waals surface area (Å²) in [6, 6.07) is 7.73. The van der Waals surface area contributed by atoms with Crippen molar-refractivity contribution >= 4 is 5.91 Å². The second kappa shape index (κ2) is 7.11. The van der Waals surface area contributed by atoms with Crippen molar-refractivity contribution in [3.63, 3.8) is 0 Å². The van der Waals surface area contributed by atoms with Crippen molar-refractivity contribution in [2.45, 2.75) is 39.2 Å². The molecule has 1 aliphatic heterocycles. The molecule has 0 bridgehead atoms. The Bertz CT molecular complexity index is 815. The van der Waals surface area contributed by atoms with Crippen molar-refractivity contribution in [1.82, 2.24) is 14.7 Å². The molecule has 1 amide bonds. The smallest absolute Gasteiger partial charge is 0.272 e. The van der Waals surface area contributed by atoms with E-state index in [2.05, 4.69) is 5.10 Å². The molecule has 0 spiro atoms. The van der Waals surface area contributed by atoms with Gasteiger partial charge in [0.15, 0.2) is 0 Å². The Morgan fingerprint density at radius 2 is 2.08 bits per heavy atom. The topological polar surface area (TPSA) is 67.6 Å². The largest absolute Gasteiger partial charge is 0.490 e. The zero-order chi connectivity index (χ0) is 18.9. The van der Waals surface area contributed by atoms with E-state index in [9.17, 15) is 9.90 Å². The number of nitrogens with zero attached hydrogens (tertiary/aromatic N) is 3. The number of benzene rings is 1. The number of ether oxygens (including phenoxy) is 1. The molecule has 0 radical (unpaired) electrons. The number of hydrogen-bond acceptors (Lipinski definition) is 4. The number of aromatic nitrogens is 2. The Morgan fingerprint density at radius 3 is 2.73 bits per heavy atom. The van der Waals surface area contributed by atoms with Crippen molar-refractivity contribution in [2.24, 2.45) is 7.05 Å². The SMILES string of the molecule is CCc1nn(C)c(C(=O)N2CC[C@@](O)(COc3ccccc3C)C2)c1C. The van der Waals surface area contributed by atoms with Crippen LogP contribution in [0.1, 0.15) is 40.7 Å². The van der Waals surface area contributed by atoms with Gasteiger partial charge in [0, 0.05) is 19.2 Å². The molecule has 1 aromatic heterocycles. The van der Waals surface area contributed by atoms with Crippen molar-refractivity contribution in [2.75, 3.05) is 19.7 Å². The third-order valence-electron chi connectivity index (χ3n) is 5.13. The summed E-state index contributed by atoms with van der Waals surface area (Å²) in [4.78, 5) is 14.6. The first kappa shape index (κ1) is 18.5. The number of hydrogen-bond donors (Lipinski definition) is 1. The van der Waals surface area contributed by atoms with E-state index in [4.69, 9.17) is 4.74 Å². The lowest BCUT2D eigenvalue weighted by molar-refractivity contribution is 0.00401. The second-order valence-corrected chi connectivity index (χ2v) is 7.15. The van der Waals surface area contributed by atoms with E-state index in [1.54, 1.807) is 16.6 Å². The number of likely N-dealkylation sites (tertiary alicyclic amines) is 1. The highest BCUT2D eigenvalue weighted by molar-refractivity contribution is 5.94. The minimum Gasteiger partial charge on any atom is -0.490 e. The number of β-amino-alcohol motifs (C(OH)–C–C–N with tert-alkyl or cyclic N) is 1. The first-order valence-corrected chi connectivity index (χ1v) is 9.07. The lowest BCUT2D eigenvalue weighted by Gasteiger charge is -2.24. The first-order chi connectivity index (χ1) is 12.3. The van der Waals surface area contributed by atoms with Gasteiger partial charge in [0.05, 0.1) is 12.2 Å². The number of aryl methyl sites for hydroxylation is 3. The average Bonchev–Trinajstić information content (AvgIpc) is 3.14. The number of carbonyl (C=O) groups excluding carboxylic acids is 1. The van der Waals surface area contributed by atoms with Gasteiger partial charge >= 0.3 is 0 Å². The van der Waals surface area contributed by atoms with Crippen molar-refractivity contribution in [3.05, 3.63) is 46.8 Å². The van der Waals surface area contributed by atoms with Gasteiger partial charge < -0.3 is 14.7 Å². The van der Waals surface area contributed by atoms with Crippen LogP contribution in [-0.4, -0.2) is 51.0 Å². The van der Waals surface area contributed by atoms with E-state index in [0.717, 1.165) is 29.0 Å². The van der Waals surface area contributed by atoms with Crippen LogP contribution in [0.3, 0.4) is 0 Å². The maximum atomic E-state index is 12.9. The predicted octanol–water partition coefficient (Wildman–Crippen LogP) is 2.26. The highest BCUT2D eigenvalue weighted by Crippen LogP contribution is 2.26. The second-order valence-electron chi connectivity index (χ2n) is 7.15. The van der Waals surface area contributed by atoms with E-state index in [1.165, 1.54) is 0 Å². The van der Waals surface area contributed by atoms with E-state index in [1.807, 2.05) is 45.0 Å². The van der Waals surface area contributed by atoms with Crippen LogP contribution in [0, 0.1) is 13.8 Å². The van der Waals surface area contributed by atoms with Gasteiger partial charge in [-0.15, -0.1) is 0 Å². The fourth-order valence-electron chi connectivity index (χ4n) is 3.55. The normalized spacial score (nSPS) is 19.8. The van der Waals surface area contributed by atoms with Crippen LogP contribution in [0.25, 0.3) is 0 Å². The molecule has 1 saturated heterocycles. The minimum absolute atomic E-state index is 0.0796. The number of aliphatic hydroxyl groups is 1. The molecule has 6 heteroatoms. The van der Waals surface area contributed by atoms with Crippen LogP contribution in [0.2, 0.25) is 0 Å². The number of carbonyl (C=O) groups is 1. The van der Waals surface area contributed by atoms with Crippen LogP contribution < -0.4 is 4.74 Å². The Morgan fingerprint density at radius 1 is 1.35 bits per heavy atom. The van der Waals surface area contributed by atoms with Gasteiger partial charge in [0.1, 0.15) is 23.7 Å². The molecule has 26 heavy (non-hydrogen) atoms. The lowest BCUT2D eigenvalue weighted by atomic mass is 10.1. The first-order valence-electron chi connectivity index (χ1n) is 9.07. The standard InChI is InChI=1S/C20H27N3O3/c1-5-16-15(3)18(22(4)21-16)19(24)23-11-10-20(25,12-23)13-26-17-9-7-6-8-14(17)2/h6-9,25H,5,10-13H2,1-4H3/t20-/m0/s1. The maximum Gasteiger partial charge on any atom is 0.272 e. The van der Waals surface area contributed by atoms with Gasteiger partial charge in [-0.05, 0) is 38.3 Å². The molecule has 3 rings (SSSR count). The van der Waals surface area contributed by atoms with Gasteiger partial charge in [-0.3, -0.25) is 9.48 Å². The van der Waals surface area contributed by atoms with E-state index in [0.29, 0.717) is 18.7 Å². The number of amides is 1. The van der Waals surface area contributed by atoms with Crippen molar-refractivity contribution in [1.29, 1.82) is 0 Å². The van der Waals surface area contributed by atoms with Crippen LogP contribution in [0.4, 0.5) is 0 Å².